The van der Waals surface area contributed by atoms with Crippen LogP contribution in [0.5, 0.6) is 5.75 Å². The van der Waals surface area contributed by atoms with E-state index in [1.54, 1.807) is 55.5 Å². The summed E-state index contributed by atoms with van der Waals surface area (Å²) < 4.78 is 37.6. The smallest absolute Gasteiger partial charge is 0.338 e. The van der Waals surface area contributed by atoms with Gasteiger partial charge in [-0.3, -0.25) is 9.69 Å². The number of piperidine rings is 2. The molecule has 1 saturated carbocycles. The Hall–Kier alpha value is -7.44. The number of carbonyl (C=O) groups is 6. The number of rotatable bonds is 25. The minimum Gasteiger partial charge on any atom is -0.490 e. The van der Waals surface area contributed by atoms with Crippen molar-refractivity contribution >= 4 is 35.8 Å². The van der Waals surface area contributed by atoms with Crippen LogP contribution >= 0.6 is 0 Å². The first kappa shape index (κ1) is 80.2. The van der Waals surface area contributed by atoms with Gasteiger partial charge in [0.05, 0.1) is 60.9 Å². The molecule has 17 nitrogen and oxygen atoms in total. The Morgan fingerprint density at radius 1 is 0.536 bits per heavy atom. The van der Waals surface area contributed by atoms with Gasteiger partial charge in [-0.1, -0.05) is 126 Å². The second-order valence-electron chi connectivity index (χ2n) is 26.5. The zero-order valence-corrected chi connectivity index (χ0v) is 60.7. The molecular weight excluding hydrogens is 1220 g/mol. The number of likely N-dealkylation sites (tertiary alicyclic amines) is 1. The molecule has 3 unspecified atom stereocenters. The van der Waals surface area contributed by atoms with Crippen LogP contribution in [0.25, 0.3) is 0 Å². The molecule has 9 rings (SSSR count). The predicted molar refractivity (Wildman–Crippen MR) is 383 cm³/mol. The number of hydrogen-bond donors (Lipinski definition) is 0. The fraction of sp³-hybridized carbons (Fsp3) is 0.550. The van der Waals surface area contributed by atoms with E-state index in [2.05, 4.69) is 68.1 Å². The zero-order valence-electron chi connectivity index (χ0n) is 60.7. The summed E-state index contributed by atoms with van der Waals surface area (Å²) in [7, 11) is 3.42. The highest BCUT2D eigenvalue weighted by Crippen LogP contribution is 2.40. The molecule has 4 aliphatic rings. The number of esters is 6. The van der Waals surface area contributed by atoms with E-state index < -0.39 is 12.0 Å². The molecule has 3 saturated heterocycles. The Bertz CT molecular complexity index is 3090. The topological polar surface area (TPSA) is 180 Å². The van der Waals surface area contributed by atoms with Gasteiger partial charge < -0.3 is 47.9 Å². The van der Waals surface area contributed by atoms with E-state index in [9.17, 15) is 28.8 Å². The molecular formula is C80H114N4O13. The minimum absolute atomic E-state index is 0.0353. The van der Waals surface area contributed by atoms with Gasteiger partial charge >= 0.3 is 35.8 Å². The molecule has 17 heteroatoms. The number of fused-ring (bicyclic) bond motifs is 2. The number of likely N-dealkylation sites (N-methyl/N-ethyl adjacent to an activating group) is 1. The van der Waals surface area contributed by atoms with Gasteiger partial charge in [0.1, 0.15) is 24.4 Å². The van der Waals surface area contributed by atoms with Crippen molar-refractivity contribution in [2.75, 3.05) is 92.9 Å². The summed E-state index contributed by atoms with van der Waals surface area (Å²) in [4.78, 5) is 80.8. The van der Waals surface area contributed by atoms with Crippen LogP contribution < -0.4 is 4.74 Å². The average Bonchev–Trinajstić information content (AvgIpc) is 1.67. The number of nitrogens with zero attached hydrogens (tertiary/aromatic N) is 4. The number of benzene rings is 5. The molecule has 3 aliphatic heterocycles. The van der Waals surface area contributed by atoms with Gasteiger partial charge in [0.15, 0.2) is 0 Å². The fourth-order valence-corrected chi connectivity index (χ4v) is 12.4. The van der Waals surface area contributed by atoms with Crippen LogP contribution in [-0.2, 0) is 33.2 Å². The van der Waals surface area contributed by atoms with E-state index in [0.29, 0.717) is 78.9 Å². The number of hydrogen-bond acceptors (Lipinski definition) is 17. The quantitative estimate of drug-likeness (QED) is 0.0305. The Morgan fingerprint density at radius 2 is 1.02 bits per heavy atom. The van der Waals surface area contributed by atoms with Crippen LogP contribution in [0.15, 0.2) is 127 Å². The summed E-state index contributed by atoms with van der Waals surface area (Å²) in [5.74, 6) is -1.17. The van der Waals surface area contributed by atoms with Crippen molar-refractivity contribution < 1.29 is 61.9 Å². The number of aryl methyl sites for hydroxylation is 3. The standard InChI is InChI=1S/C22H33NO3.C17H21NO4.C17H27NO2.C14H21NO2.C10H12O2/c1-18-8-5-6-15-23(18)16-7-17-25-22(24)19-11-13-21(14-12-19)26-20-9-3-2-4-10-20;1-18-12-8-9-13(18)15(17(20)21-2)14(10-12)22-16(19)11-6-4-3-5-7-11;1-6-18(7-2)12-17(4,5)13-20-16(19)15-10-8-14(3)9-11-15;1-4-15(5-2)10-11-17-14(16)13-8-6-12(3)7-9-13;1-3-12-10(11)9-6-4-8(2)5-7-9/h11-14,18,20H,2-10,15-17H2,1H3;3-7,12-15H,8-10H2,1-2H3;8-11H,6-7,12-13H2,1-5H3;6-9H,4-5,10-11H2,1-3H3;4-7H,3H2,1-2H3/t;12-,13?,14+,15?;;;/m.1.../s1. The second-order valence-corrected chi connectivity index (χ2v) is 26.5. The van der Waals surface area contributed by atoms with E-state index in [4.69, 9.17) is 33.2 Å². The number of ether oxygens (including phenoxy) is 7. The Labute approximate surface area is 580 Å². The van der Waals surface area contributed by atoms with Crippen LogP contribution in [0.3, 0.4) is 0 Å². The normalized spacial score (nSPS) is 18.4. The van der Waals surface area contributed by atoms with Crippen molar-refractivity contribution in [3.63, 3.8) is 0 Å². The van der Waals surface area contributed by atoms with E-state index in [1.807, 2.05) is 107 Å². The molecule has 97 heavy (non-hydrogen) atoms. The maximum Gasteiger partial charge on any atom is 0.338 e. The van der Waals surface area contributed by atoms with Crippen molar-refractivity contribution in [2.24, 2.45) is 11.3 Å². The highest BCUT2D eigenvalue weighted by Gasteiger charge is 2.51. The van der Waals surface area contributed by atoms with Crippen LogP contribution in [-0.4, -0.2) is 179 Å². The molecule has 0 spiro atoms. The number of carbonyl (C=O) groups excluding carboxylic acids is 6. The minimum atomic E-state index is -0.408. The predicted octanol–water partition coefficient (Wildman–Crippen LogP) is 14.9. The summed E-state index contributed by atoms with van der Waals surface area (Å²) in [6.07, 6.45) is 13.5. The third-order valence-corrected chi connectivity index (χ3v) is 18.5. The molecule has 5 aromatic rings. The molecule has 532 valence electrons. The lowest BCUT2D eigenvalue weighted by Gasteiger charge is -2.40. The molecule has 0 aromatic heterocycles. The van der Waals surface area contributed by atoms with Crippen LogP contribution in [0.1, 0.15) is 201 Å². The molecule has 3 heterocycles. The lowest BCUT2D eigenvalue weighted by atomic mass is 9.87. The van der Waals surface area contributed by atoms with Gasteiger partial charge in [-0.2, -0.15) is 0 Å². The monoisotopic (exact) mass is 1340 g/mol. The molecule has 0 radical (unpaired) electrons. The average molecular weight is 1340 g/mol. The van der Waals surface area contributed by atoms with Gasteiger partial charge in [0.2, 0.25) is 0 Å². The number of methoxy groups -OCH3 is 1. The molecule has 0 amide bonds. The highest BCUT2D eigenvalue weighted by molar-refractivity contribution is 5.91. The van der Waals surface area contributed by atoms with E-state index in [-0.39, 0.29) is 47.3 Å². The summed E-state index contributed by atoms with van der Waals surface area (Å²) in [5.41, 5.74) is 6.36. The zero-order chi connectivity index (χ0) is 70.7. The lowest BCUT2D eigenvalue weighted by molar-refractivity contribution is -0.156. The summed E-state index contributed by atoms with van der Waals surface area (Å²) >= 11 is 0. The molecule has 2 bridgehead atoms. The van der Waals surface area contributed by atoms with Gasteiger partial charge in [-0.25, -0.2) is 24.0 Å². The van der Waals surface area contributed by atoms with E-state index in [1.165, 1.54) is 52.2 Å². The Balaban J connectivity index is 0.000000224. The third kappa shape index (κ3) is 28.1. The van der Waals surface area contributed by atoms with Gasteiger partial charge in [0, 0.05) is 49.6 Å². The van der Waals surface area contributed by atoms with Crippen molar-refractivity contribution in [1.82, 2.24) is 19.6 Å². The second kappa shape index (κ2) is 43.1. The summed E-state index contributed by atoms with van der Waals surface area (Å²) in [5, 5.41) is 0. The van der Waals surface area contributed by atoms with Gasteiger partial charge in [0.25, 0.3) is 0 Å². The summed E-state index contributed by atoms with van der Waals surface area (Å²) in [6, 6.07) is 39.7. The maximum atomic E-state index is 12.3. The fourth-order valence-electron chi connectivity index (χ4n) is 12.4. The molecule has 0 N–H and O–H groups in total. The Kier molecular flexibility index (Phi) is 35.6. The van der Waals surface area contributed by atoms with Crippen LogP contribution in [0.2, 0.25) is 0 Å². The van der Waals surface area contributed by atoms with Crippen molar-refractivity contribution in [2.45, 2.75) is 184 Å². The lowest BCUT2D eigenvalue weighted by Crippen LogP contribution is -2.53. The molecule has 4 fully saturated rings. The first-order chi connectivity index (χ1) is 46.6. The van der Waals surface area contributed by atoms with Crippen molar-refractivity contribution in [1.29, 1.82) is 0 Å². The van der Waals surface area contributed by atoms with Gasteiger partial charge in [-0.05, 0) is 205 Å². The highest BCUT2D eigenvalue weighted by atomic mass is 16.6. The van der Waals surface area contributed by atoms with Crippen molar-refractivity contribution in [3.8, 4) is 5.75 Å². The van der Waals surface area contributed by atoms with E-state index in [0.717, 1.165) is 100 Å². The molecule has 5 aromatic carbocycles. The molecule has 5 atom stereocenters. The molecule has 1 aliphatic carbocycles. The van der Waals surface area contributed by atoms with E-state index >= 15 is 0 Å². The SMILES string of the molecule is CC1CCCCN1CCCOC(=O)c1ccc(OC2CCCCC2)cc1.CCN(CC)CC(C)(C)COC(=O)c1ccc(C)cc1.CCN(CC)CCOC(=O)c1ccc(C)cc1.CCOC(=O)c1ccc(C)cc1.COC(=O)C1C2CC[C@H](C[C@@H]1OC(=O)c1ccccc1)N2C. The van der Waals surface area contributed by atoms with Crippen molar-refractivity contribution in [3.05, 3.63) is 172 Å². The van der Waals surface area contributed by atoms with Crippen LogP contribution in [0.4, 0.5) is 0 Å². The largest absolute Gasteiger partial charge is 0.490 e. The van der Waals surface area contributed by atoms with Crippen LogP contribution in [0, 0.1) is 32.1 Å². The first-order valence-corrected chi connectivity index (χ1v) is 35.5. The third-order valence-electron chi connectivity index (χ3n) is 18.5. The Morgan fingerprint density at radius 3 is 1.53 bits per heavy atom. The maximum absolute atomic E-state index is 12.3. The first-order valence-electron chi connectivity index (χ1n) is 35.5. The summed E-state index contributed by atoms with van der Waals surface area (Å²) in [6.45, 7) is 32.6. The van der Waals surface area contributed by atoms with Gasteiger partial charge in [-0.15, -0.1) is 0 Å².